The Bertz CT molecular complexity index is 1330. The second-order valence-electron chi connectivity index (χ2n) is 8.09. The van der Waals surface area contributed by atoms with Gasteiger partial charge in [-0.3, -0.25) is 9.59 Å². The Morgan fingerprint density at radius 1 is 1.03 bits per heavy atom. The lowest BCUT2D eigenvalue weighted by Gasteiger charge is -2.11. The van der Waals surface area contributed by atoms with Crippen LogP contribution in [0.4, 0.5) is 10.8 Å². The molecule has 2 amide bonds. The van der Waals surface area contributed by atoms with Crippen molar-refractivity contribution >= 4 is 45.7 Å². The molecule has 2 N–H and O–H groups in total. The summed E-state index contributed by atoms with van der Waals surface area (Å²) in [6, 6.07) is 22.7. The van der Waals surface area contributed by atoms with Crippen molar-refractivity contribution in [1.29, 1.82) is 0 Å². The Labute approximate surface area is 219 Å². The largest absolute Gasteiger partial charge is 0.494 e. The lowest BCUT2D eigenvalue weighted by molar-refractivity contribution is -0.115. The van der Waals surface area contributed by atoms with Crippen LogP contribution in [0.1, 0.15) is 29.8 Å². The number of nitrogens with zero attached hydrogens (tertiary/aromatic N) is 1. The van der Waals surface area contributed by atoms with E-state index in [0.717, 1.165) is 27.5 Å². The van der Waals surface area contributed by atoms with Gasteiger partial charge in [0.05, 0.1) is 17.6 Å². The van der Waals surface area contributed by atoms with Gasteiger partial charge in [-0.2, -0.15) is 0 Å². The van der Waals surface area contributed by atoms with E-state index in [1.807, 2.05) is 92.9 Å². The van der Waals surface area contributed by atoms with Crippen LogP contribution in [0.2, 0.25) is 0 Å². The van der Waals surface area contributed by atoms with Crippen LogP contribution in [0, 0.1) is 6.92 Å². The highest BCUT2D eigenvalue weighted by Gasteiger charge is 2.17. The van der Waals surface area contributed by atoms with Gasteiger partial charge < -0.3 is 15.4 Å². The summed E-state index contributed by atoms with van der Waals surface area (Å²) in [6.07, 6.45) is 0. The van der Waals surface area contributed by atoms with E-state index in [0.29, 0.717) is 23.0 Å². The molecule has 1 atom stereocenters. The van der Waals surface area contributed by atoms with Gasteiger partial charge in [-0.1, -0.05) is 17.7 Å². The van der Waals surface area contributed by atoms with Crippen LogP contribution < -0.4 is 15.4 Å². The third kappa shape index (κ3) is 6.74. The molecule has 36 heavy (non-hydrogen) atoms. The molecule has 4 rings (SSSR count). The standard InChI is InChI=1S/C28H27N3O3S2/c1-4-34-23-12-8-20(9-13-23)25-17-35-28(30-25)31-26(32)19(3)36-24-14-10-22(11-15-24)29-27(33)21-7-5-6-18(2)16-21/h5-17,19H,4H2,1-3H3,(H,29,33)(H,30,31,32). The first kappa shape index (κ1) is 25.5. The average molecular weight is 518 g/mol. The molecule has 0 saturated carbocycles. The van der Waals surface area contributed by atoms with E-state index in [2.05, 4.69) is 15.6 Å². The minimum atomic E-state index is -0.324. The number of aromatic nitrogens is 1. The van der Waals surface area contributed by atoms with Crippen LogP contribution in [-0.4, -0.2) is 28.7 Å². The van der Waals surface area contributed by atoms with Crippen LogP contribution in [0.3, 0.4) is 0 Å². The zero-order valence-electron chi connectivity index (χ0n) is 20.3. The molecule has 0 fully saturated rings. The van der Waals surface area contributed by atoms with Crippen LogP contribution in [0.5, 0.6) is 5.75 Å². The Balaban J connectivity index is 1.30. The molecule has 0 saturated heterocycles. The molecule has 1 unspecified atom stereocenters. The first-order chi connectivity index (χ1) is 17.4. The molecule has 4 aromatic rings. The van der Waals surface area contributed by atoms with E-state index in [4.69, 9.17) is 4.74 Å². The zero-order chi connectivity index (χ0) is 25.5. The summed E-state index contributed by atoms with van der Waals surface area (Å²) in [6.45, 7) is 6.38. The van der Waals surface area contributed by atoms with Crippen LogP contribution in [-0.2, 0) is 4.79 Å². The number of aryl methyl sites for hydroxylation is 1. The highest BCUT2D eigenvalue weighted by Crippen LogP contribution is 2.29. The molecule has 8 heteroatoms. The maximum atomic E-state index is 12.7. The highest BCUT2D eigenvalue weighted by molar-refractivity contribution is 8.00. The number of ether oxygens (including phenoxy) is 1. The third-order valence-electron chi connectivity index (χ3n) is 5.27. The highest BCUT2D eigenvalue weighted by atomic mass is 32.2. The van der Waals surface area contributed by atoms with E-state index in [9.17, 15) is 9.59 Å². The number of carbonyl (C=O) groups excluding carboxylic acids is 2. The number of benzene rings is 3. The predicted molar refractivity (Wildman–Crippen MR) is 148 cm³/mol. The van der Waals surface area contributed by atoms with Gasteiger partial charge in [0.15, 0.2) is 5.13 Å². The van der Waals surface area contributed by atoms with Crippen molar-refractivity contribution in [2.45, 2.75) is 30.9 Å². The molecule has 3 aromatic carbocycles. The van der Waals surface area contributed by atoms with Crippen LogP contribution in [0.15, 0.2) is 83.1 Å². The summed E-state index contributed by atoms with van der Waals surface area (Å²) in [4.78, 5) is 30.7. The van der Waals surface area contributed by atoms with Crippen molar-refractivity contribution in [2.75, 3.05) is 17.2 Å². The Kier molecular flexibility index (Phi) is 8.40. The van der Waals surface area contributed by atoms with Gasteiger partial charge in [0.2, 0.25) is 5.91 Å². The normalized spacial score (nSPS) is 11.5. The first-order valence-electron chi connectivity index (χ1n) is 11.6. The zero-order valence-corrected chi connectivity index (χ0v) is 21.9. The van der Waals surface area contributed by atoms with Gasteiger partial charge in [0.1, 0.15) is 5.75 Å². The number of amides is 2. The Morgan fingerprint density at radius 2 is 1.78 bits per heavy atom. The van der Waals surface area contributed by atoms with Crippen molar-refractivity contribution < 1.29 is 14.3 Å². The smallest absolute Gasteiger partial charge is 0.255 e. The molecule has 184 valence electrons. The quantitative estimate of drug-likeness (QED) is 0.236. The van der Waals surface area contributed by atoms with Gasteiger partial charge in [-0.15, -0.1) is 23.1 Å². The third-order valence-corrected chi connectivity index (χ3v) is 7.14. The molecule has 0 bridgehead atoms. The summed E-state index contributed by atoms with van der Waals surface area (Å²) in [5.74, 6) is 0.543. The number of thioether (sulfide) groups is 1. The molecule has 1 aromatic heterocycles. The summed E-state index contributed by atoms with van der Waals surface area (Å²) in [5.41, 5.74) is 4.13. The number of hydrogen-bond donors (Lipinski definition) is 2. The van der Waals surface area contributed by atoms with Crippen molar-refractivity contribution in [1.82, 2.24) is 4.98 Å². The summed E-state index contributed by atoms with van der Waals surface area (Å²) in [7, 11) is 0. The van der Waals surface area contributed by atoms with Gasteiger partial charge in [0.25, 0.3) is 5.91 Å². The summed E-state index contributed by atoms with van der Waals surface area (Å²) < 4.78 is 5.48. The number of rotatable bonds is 9. The monoisotopic (exact) mass is 517 g/mol. The van der Waals surface area contributed by atoms with Gasteiger partial charge in [-0.05, 0) is 81.4 Å². The number of carbonyl (C=O) groups is 2. The van der Waals surface area contributed by atoms with E-state index >= 15 is 0 Å². The van der Waals surface area contributed by atoms with Crippen LogP contribution >= 0.6 is 23.1 Å². The fraction of sp³-hybridized carbons (Fsp3) is 0.179. The van der Waals surface area contributed by atoms with E-state index < -0.39 is 0 Å². The van der Waals surface area contributed by atoms with E-state index in [1.165, 1.54) is 23.1 Å². The van der Waals surface area contributed by atoms with Gasteiger partial charge >= 0.3 is 0 Å². The van der Waals surface area contributed by atoms with Crippen molar-refractivity contribution in [3.63, 3.8) is 0 Å². The predicted octanol–water partition coefficient (Wildman–Crippen LogP) is 6.89. The van der Waals surface area contributed by atoms with Crippen LogP contribution in [0.25, 0.3) is 11.3 Å². The molecule has 0 aliphatic rings. The van der Waals surface area contributed by atoms with E-state index in [1.54, 1.807) is 6.07 Å². The SMILES string of the molecule is CCOc1ccc(-c2csc(NC(=O)C(C)Sc3ccc(NC(=O)c4cccc(C)c4)cc3)n2)cc1. The Morgan fingerprint density at radius 3 is 2.47 bits per heavy atom. The molecule has 0 aliphatic heterocycles. The molecule has 0 spiro atoms. The maximum absolute atomic E-state index is 12.7. The fourth-order valence-corrected chi connectivity index (χ4v) is 5.01. The van der Waals surface area contributed by atoms with Gasteiger partial charge in [0, 0.05) is 27.1 Å². The lowest BCUT2D eigenvalue weighted by atomic mass is 10.1. The second kappa shape index (κ2) is 11.9. The number of anilines is 2. The number of thiazole rings is 1. The minimum Gasteiger partial charge on any atom is -0.494 e. The second-order valence-corrected chi connectivity index (χ2v) is 10.4. The molecule has 6 nitrogen and oxygen atoms in total. The van der Waals surface area contributed by atoms with E-state index in [-0.39, 0.29) is 17.1 Å². The molecule has 0 radical (unpaired) electrons. The molecule has 0 aliphatic carbocycles. The first-order valence-corrected chi connectivity index (χ1v) is 13.3. The van der Waals surface area contributed by atoms with Gasteiger partial charge in [-0.25, -0.2) is 4.98 Å². The molecular weight excluding hydrogens is 490 g/mol. The molecular formula is C28H27N3O3S2. The number of hydrogen-bond acceptors (Lipinski definition) is 6. The lowest BCUT2D eigenvalue weighted by Crippen LogP contribution is -2.22. The van der Waals surface area contributed by atoms with Crippen molar-refractivity contribution in [2.24, 2.45) is 0 Å². The number of nitrogens with one attached hydrogen (secondary N) is 2. The topological polar surface area (TPSA) is 80.3 Å². The fourth-order valence-electron chi connectivity index (χ4n) is 3.42. The van der Waals surface area contributed by atoms with Crippen molar-refractivity contribution in [3.05, 3.63) is 89.3 Å². The van der Waals surface area contributed by atoms with Crippen molar-refractivity contribution in [3.8, 4) is 17.0 Å². The average Bonchev–Trinajstić information content (AvgIpc) is 3.34. The Hall–Kier alpha value is -3.62. The molecule has 1 heterocycles. The summed E-state index contributed by atoms with van der Waals surface area (Å²) >= 11 is 2.84. The summed E-state index contributed by atoms with van der Waals surface area (Å²) in [5, 5.41) is 7.98. The maximum Gasteiger partial charge on any atom is 0.255 e. The minimum absolute atomic E-state index is 0.121.